The van der Waals surface area contributed by atoms with Crippen LogP contribution in [0.2, 0.25) is 0 Å². The minimum absolute atomic E-state index is 4.22. The van der Waals surface area contributed by atoms with Crippen LogP contribution in [-0.2, 0) is 0 Å². The molecule has 0 bridgehead atoms. The molecule has 0 aromatic heterocycles. The number of alkyl halides is 25. The van der Waals surface area contributed by atoms with Crippen molar-refractivity contribution in [2.75, 3.05) is 6.67 Å². The predicted octanol–water partition coefficient (Wildman–Crippen LogP) is 8.21. The van der Waals surface area contributed by atoms with E-state index in [1.807, 2.05) is 0 Å². The van der Waals surface area contributed by atoms with E-state index in [0.717, 1.165) is 0 Å². The first-order valence-electron chi connectivity index (χ1n) is 8.00. The summed E-state index contributed by atoms with van der Waals surface area (Å²) in [5.41, 5.74) is 0. The van der Waals surface area contributed by atoms with Crippen molar-refractivity contribution < 1.29 is 110 Å². The van der Waals surface area contributed by atoms with Gasteiger partial charge >= 0.3 is 71.6 Å². The number of hydrogen-bond donors (Lipinski definition) is 0. The second kappa shape index (κ2) is 8.88. The molecule has 0 aliphatic heterocycles. The first-order chi connectivity index (χ1) is 16.0. The van der Waals surface area contributed by atoms with Crippen LogP contribution in [0.25, 0.3) is 0 Å². The van der Waals surface area contributed by atoms with Crippen molar-refractivity contribution in [1.29, 1.82) is 0 Å². The minimum atomic E-state index is -9.52. The quantitative estimate of drug-likeness (QED) is 0.190. The van der Waals surface area contributed by atoms with Gasteiger partial charge in [0.1, 0.15) is 0 Å². The van der Waals surface area contributed by atoms with E-state index in [1.165, 1.54) is 0 Å². The lowest BCUT2D eigenvalue weighted by Crippen LogP contribution is -2.78. The third kappa shape index (κ3) is 4.00. The van der Waals surface area contributed by atoms with Gasteiger partial charge in [-0.05, 0) is 0 Å². The van der Waals surface area contributed by atoms with Crippen molar-refractivity contribution in [3.05, 3.63) is 0 Å². The first-order valence-corrected chi connectivity index (χ1v) is 8.00. The zero-order valence-corrected chi connectivity index (χ0v) is 16.2. The highest BCUT2D eigenvalue weighted by molar-refractivity contribution is 5.19. The van der Waals surface area contributed by atoms with Gasteiger partial charge in [-0.1, -0.05) is 0 Å². The van der Waals surface area contributed by atoms with Gasteiger partial charge in [-0.25, -0.2) is 13.2 Å². The maximum absolute atomic E-state index is 13.4. The van der Waals surface area contributed by atoms with Crippen molar-refractivity contribution in [2.24, 2.45) is 0 Å². The second-order valence-corrected chi connectivity index (χ2v) is 6.93. The highest BCUT2D eigenvalue weighted by atomic mass is 19.4. The number of rotatable bonds is 12. The summed E-state index contributed by atoms with van der Waals surface area (Å²) in [6, 6.07) is 0. The molecule has 25 heteroatoms. The summed E-state index contributed by atoms with van der Waals surface area (Å²) in [6.07, 6.45) is -6.27. The molecule has 0 radical (unpaired) electrons. The van der Waals surface area contributed by atoms with Crippen LogP contribution < -0.4 is 0 Å². The van der Waals surface area contributed by atoms with Crippen LogP contribution in [0.15, 0.2) is 0 Å². The molecule has 0 spiro atoms. The van der Waals surface area contributed by atoms with E-state index < -0.39 is 78.2 Å². The van der Waals surface area contributed by atoms with Gasteiger partial charge in [0.15, 0.2) is 6.67 Å². The van der Waals surface area contributed by atoms with Gasteiger partial charge in [0.05, 0.1) is 0 Å². The Morgan fingerprint density at radius 2 is 0.500 bits per heavy atom. The van der Waals surface area contributed by atoms with Crippen LogP contribution in [-0.4, -0.2) is 78.2 Å². The Morgan fingerprint density at radius 1 is 0.316 bits per heavy atom. The average Bonchev–Trinajstić information content (AvgIpc) is 2.71. The van der Waals surface area contributed by atoms with Crippen molar-refractivity contribution in [3.8, 4) is 0 Å². The summed E-state index contributed by atoms with van der Waals surface area (Å²) in [6.45, 7) is -4.22. The van der Waals surface area contributed by atoms with Gasteiger partial charge < -0.3 is 0 Å². The molecule has 0 aliphatic carbocycles. The zero-order valence-electron chi connectivity index (χ0n) is 16.2. The molecule has 38 heavy (non-hydrogen) atoms. The van der Waals surface area contributed by atoms with Gasteiger partial charge in [-0.15, -0.1) is 0 Å². The van der Waals surface area contributed by atoms with E-state index in [-0.39, 0.29) is 0 Å². The molecule has 0 aromatic carbocycles. The van der Waals surface area contributed by atoms with E-state index in [0.29, 0.717) is 0 Å². The highest BCUT2D eigenvalue weighted by Crippen LogP contribution is 2.67. The van der Waals surface area contributed by atoms with Crippen molar-refractivity contribution in [2.45, 2.75) is 71.6 Å². The molecule has 230 valence electrons. The predicted molar refractivity (Wildman–Crippen MR) is 66.4 cm³/mol. The third-order valence-electron chi connectivity index (χ3n) is 4.47. The van der Waals surface area contributed by atoms with Gasteiger partial charge in [0.2, 0.25) is 0 Å². The van der Waals surface area contributed by atoms with Gasteiger partial charge in [0.25, 0.3) is 0 Å². The molecule has 0 fully saturated rings. The Morgan fingerprint density at radius 3 is 0.684 bits per heavy atom. The Balaban J connectivity index is 7.25. The Hall–Kier alpha value is -1.75. The van der Waals surface area contributed by atoms with Crippen molar-refractivity contribution in [1.82, 2.24) is 0 Å². The van der Waals surface area contributed by atoms with Crippen molar-refractivity contribution >= 4 is 0 Å². The van der Waals surface area contributed by atoms with Gasteiger partial charge in [-0.2, -0.15) is 96.6 Å². The highest BCUT2D eigenvalue weighted by Gasteiger charge is 2.98. The first kappa shape index (κ1) is 36.2. The molecular weight excluding hydrogens is 631 g/mol. The van der Waals surface area contributed by atoms with Crippen LogP contribution in [0.5, 0.6) is 0 Å². The smallest absolute Gasteiger partial charge is 0.244 e. The molecule has 0 heterocycles. The van der Waals surface area contributed by atoms with E-state index in [1.54, 1.807) is 0 Å². The van der Waals surface area contributed by atoms with Crippen molar-refractivity contribution in [3.63, 3.8) is 0 Å². The fraction of sp³-hybridized carbons (Fsp3) is 1.00. The maximum Gasteiger partial charge on any atom is 0.385 e. The minimum Gasteiger partial charge on any atom is -0.244 e. The SMILES string of the molecule is FCC(F)(F)C(F)(F)C(F)(F)C(F)(F)C(F)(F)C(F)(F)C(F)(F)C(F)(F)C(F)(F)C(F)(F)C(F)(F)C(F)F. The van der Waals surface area contributed by atoms with E-state index >= 15 is 0 Å². The maximum atomic E-state index is 13.4. The van der Waals surface area contributed by atoms with Gasteiger partial charge in [0, 0.05) is 0 Å². The van der Waals surface area contributed by atoms with Crippen LogP contribution in [0, 0.1) is 0 Å². The van der Waals surface area contributed by atoms with E-state index in [9.17, 15) is 110 Å². The molecule has 0 atom stereocenters. The molecule has 0 nitrogen and oxygen atoms in total. The van der Waals surface area contributed by atoms with Crippen LogP contribution in [0.4, 0.5) is 110 Å². The summed E-state index contributed by atoms with van der Waals surface area (Å²) in [7, 11) is 0. The fourth-order valence-corrected chi connectivity index (χ4v) is 2.04. The fourth-order valence-electron chi connectivity index (χ4n) is 2.04. The van der Waals surface area contributed by atoms with Crippen LogP contribution in [0.1, 0.15) is 0 Å². The molecule has 0 unspecified atom stereocenters. The van der Waals surface area contributed by atoms with Crippen LogP contribution in [0.3, 0.4) is 0 Å². The monoisotopic (exact) mass is 634 g/mol. The summed E-state index contributed by atoms with van der Waals surface area (Å²) in [5.74, 6) is -97.3. The second-order valence-electron chi connectivity index (χ2n) is 6.93. The Kier molecular flexibility index (Phi) is 8.47. The molecule has 0 N–H and O–H groups in total. The van der Waals surface area contributed by atoms with E-state index in [4.69, 9.17) is 0 Å². The standard InChI is InChI=1S/C13H3F25/c14-1-3(17,18)5(21,22)7(25,26)9(29,30)11(33,34)13(37,38)12(35,36)10(31,32)8(27,28)6(23,24)4(19,20)2(15)16/h2H,1H2. The van der Waals surface area contributed by atoms with E-state index in [2.05, 4.69) is 0 Å². The molecular formula is C13H3F25. The normalized spacial score (nSPS) is 16.9. The molecule has 0 amide bonds. The lowest BCUT2D eigenvalue weighted by atomic mass is 9.84. The van der Waals surface area contributed by atoms with Crippen LogP contribution >= 0.6 is 0 Å². The summed E-state index contributed by atoms with van der Waals surface area (Å²) in [5, 5.41) is 0. The summed E-state index contributed by atoms with van der Waals surface area (Å²) in [4.78, 5) is 0. The molecule has 0 saturated carbocycles. The topological polar surface area (TPSA) is 0 Å². The zero-order chi connectivity index (χ0) is 31.8. The lowest BCUT2D eigenvalue weighted by molar-refractivity contribution is -0.476. The number of hydrogen-bond acceptors (Lipinski definition) is 0. The average molecular weight is 634 g/mol. The van der Waals surface area contributed by atoms with Gasteiger partial charge in [-0.3, -0.25) is 0 Å². The third-order valence-corrected chi connectivity index (χ3v) is 4.47. The number of halogens is 25. The summed E-state index contributed by atoms with van der Waals surface area (Å²) >= 11 is 0. The molecule has 0 saturated heterocycles. The molecule has 0 aliphatic rings. The molecule has 0 aromatic rings. The summed E-state index contributed by atoms with van der Waals surface area (Å²) < 4.78 is 324. The Bertz CT molecular complexity index is 847. The molecule has 0 rings (SSSR count). The largest absolute Gasteiger partial charge is 0.385 e. The Labute approximate surface area is 189 Å². The lowest BCUT2D eigenvalue weighted by Gasteiger charge is -2.45.